The van der Waals surface area contributed by atoms with Crippen molar-refractivity contribution in [3.63, 3.8) is 0 Å². The molecule has 2 atom stereocenters. The molecule has 2 unspecified atom stereocenters. The van der Waals surface area contributed by atoms with E-state index in [-0.39, 0.29) is 0 Å². The van der Waals surface area contributed by atoms with Crippen molar-refractivity contribution in [3.05, 3.63) is 0 Å². The van der Waals surface area contributed by atoms with Gasteiger partial charge in [0.2, 0.25) is 0 Å². The van der Waals surface area contributed by atoms with Gasteiger partial charge in [0.15, 0.2) is 0 Å². The van der Waals surface area contributed by atoms with E-state index in [1.807, 2.05) is 14.2 Å². The van der Waals surface area contributed by atoms with E-state index in [0.29, 0.717) is 12.2 Å². The molecule has 0 aliphatic rings. The molecule has 0 aromatic carbocycles. The van der Waals surface area contributed by atoms with E-state index in [0.717, 1.165) is 11.8 Å². The summed E-state index contributed by atoms with van der Waals surface area (Å²) >= 11 is 0. The molecule has 0 aromatic heterocycles. The molecule has 0 rings (SSSR count). The Bertz CT molecular complexity index is 170. The Morgan fingerprint density at radius 1 is 0.579 bits per heavy atom. The van der Waals surface area contributed by atoms with E-state index in [2.05, 4.69) is 27.7 Å². The first-order valence-electron chi connectivity index (χ1n) is 8.05. The summed E-state index contributed by atoms with van der Waals surface area (Å²) in [6.45, 7) is 9.11. The largest absolute Gasteiger partial charge is 0.381 e. The maximum atomic E-state index is 5.57. The predicted octanol–water partition coefficient (Wildman–Crippen LogP) is 5.06. The van der Waals surface area contributed by atoms with Gasteiger partial charge >= 0.3 is 0 Å². The van der Waals surface area contributed by atoms with Gasteiger partial charge in [0, 0.05) is 14.2 Å². The minimum Gasteiger partial charge on any atom is -0.381 e. The minimum absolute atomic E-state index is 0.435. The molecule has 0 heterocycles. The molecule has 0 fully saturated rings. The molecule has 19 heavy (non-hydrogen) atoms. The highest BCUT2D eigenvalue weighted by molar-refractivity contribution is 4.64. The molecule has 0 aromatic rings. The molecule has 0 amide bonds. The van der Waals surface area contributed by atoms with Crippen LogP contribution in [0.2, 0.25) is 0 Å². The fraction of sp³-hybridized carbons (Fsp3) is 1.00. The third-order valence-electron chi connectivity index (χ3n) is 3.85. The molecule has 0 bridgehead atoms. The molecule has 116 valence electrons. The zero-order valence-corrected chi connectivity index (χ0v) is 14.1. The summed E-state index contributed by atoms with van der Waals surface area (Å²) in [5, 5.41) is 0. The maximum Gasteiger partial charge on any atom is 0.0571 e. The monoisotopic (exact) mass is 272 g/mol. The topological polar surface area (TPSA) is 18.5 Å². The van der Waals surface area contributed by atoms with Crippen LogP contribution in [0.1, 0.15) is 72.6 Å². The molecule has 0 aliphatic heterocycles. The average Bonchev–Trinajstić information content (AvgIpc) is 2.36. The summed E-state index contributed by atoms with van der Waals surface area (Å²) in [7, 11) is 3.69. The first-order chi connectivity index (χ1) is 8.99. The molecule has 2 heteroatoms. The van der Waals surface area contributed by atoms with Gasteiger partial charge < -0.3 is 9.47 Å². The number of rotatable bonds is 12. The van der Waals surface area contributed by atoms with Gasteiger partial charge in [0.1, 0.15) is 0 Å². The summed E-state index contributed by atoms with van der Waals surface area (Å²) in [6.07, 6.45) is 9.34. The van der Waals surface area contributed by atoms with Crippen molar-refractivity contribution in [1.82, 2.24) is 0 Å². The second-order valence-corrected chi connectivity index (χ2v) is 6.59. The lowest BCUT2D eigenvalue weighted by Gasteiger charge is -2.19. The van der Waals surface area contributed by atoms with Crippen LogP contribution in [0.25, 0.3) is 0 Å². The van der Waals surface area contributed by atoms with Crippen molar-refractivity contribution in [3.8, 4) is 0 Å². The fourth-order valence-electron chi connectivity index (χ4n) is 2.37. The second kappa shape index (κ2) is 11.7. The van der Waals surface area contributed by atoms with E-state index < -0.39 is 0 Å². The van der Waals surface area contributed by atoms with E-state index in [4.69, 9.17) is 9.47 Å². The van der Waals surface area contributed by atoms with Crippen molar-refractivity contribution in [2.75, 3.05) is 14.2 Å². The summed E-state index contributed by atoms with van der Waals surface area (Å²) in [5.74, 6) is 1.55. The predicted molar refractivity (Wildman–Crippen MR) is 83.6 cm³/mol. The van der Waals surface area contributed by atoms with Gasteiger partial charge in [-0.25, -0.2) is 0 Å². The van der Waals surface area contributed by atoms with E-state index in [1.165, 1.54) is 44.9 Å². The molecule has 0 aliphatic carbocycles. The molecule has 0 N–H and O–H groups in total. The van der Waals surface area contributed by atoms with Crippen molar-refractivity contribution in [2.24, 2.45) is 11.8 Å². The van der Waals surface area contributed by atoms with E-state index >= 15 is 0 Å². The van der Waals surface area contributed by atoms with Crippen molar-refractivity contribution >= 4 is 0 Å². The van der Waals surface area contributed by atoms with Gasteiger partial charge in [-0.15, -0.1) is 0 Å². The van der Waals surface area contributed by atoms with E-state index in [9.17, 15) is 0 Å². The lowest BCUT2D eigenvalue weighted by atomic mass is 9.98. The van der Waals surface area contributed by atoms with Gasteiger partial charge in [-0.1, -0.05) is 27.7 Å². The lowest BCUT2D eigenvalue weighted by molar-refractivity contribution is 0.0600. The smallest absolute Gasteiger partial charge is 0.0571 e. The van der Waals surface area contributed by atoms with E-state index in [1.54, 1.807) is 0 Å². The summed E-state index contributed by atoms with van der Waals surface area (Å²) < 4.78 is 11.1. The molecule has 2 nitrogen and oxygen atoms in total. The first-order valence-corrected chi connectivity index (χ1v) is 8.05. The summed E-state index contributed by atoms with van der Waals surface area (Å²) in [4.78, 5) is 0. The maximum absolute atomic E-state index is 5.57. The highest BCUT2D eigenvalue weighted by Crippen LogP contribution is 2.18. The Balaban J connectivity index is 3.76. The van der Waals surface area contributed by atoms with Crippen molar-refractivity contribution < 1.29 is 9.47 Å². The third-order valence-corrected chi connectivity index (χ3v) is 3.85. The highest BCUT2D eigenvalue weighted by atomic mass is 16.5. The number of hydrogen-bond donors (Lipinski definition) is 0. The molecule has 0 saturated carbocycles. The van der Waals surface area contributed by atoms with Crippen LogP contribution in [0.3, 0.4) is 0 Å². The van der Waals surface area contributed by atoms with Gasteiger partial charge in [0.25, 0.3) is 0 Å². The Hall–Kier alpha value is -0.0800. The van der Waals surface area contributed by atoms with Gasteiger partial charge in [-0.3, -0.25) is 0 Å². The normalized spacial score (nSPS) is 15.2. The van der Waals surface area contributed by atoms with Crippen LogP contribution < -0.4 is 0 Å². The Morgan fingerprint density at radius 3 is 1.21 bits per heavy atom. The van der Waals surface area contributed by atoms with Crippen LogP contribution >= 0.6 is 0 Å². The minimum atomic E-state index is 0.435. The third kappa shape index (κ3) is 11.4. The van der Waals surface area contributed by atoms with Crippen molar-refractivity contribution in [1.29, 1.82) is 0 Å². The van der Waals surface area contributed by atoms with Crippen LogP contribution in [0.15, 0.2) is 0 Å². The highest BCUT2D eigenvalue weighted by Gasteiger charge is 2.12. The standard InChI is InChI=1S/C17H36O2/c1-14(2)10-12-16(18-5)8-7-9-17(19-6)13-11-15(3)4/h14-17H,7-13H2,1-6H3. The van der Waals surface area contributed by atoms with Crippen LogP contribution in [-0.4, -0.2) is 26.4 Å². The zero-order chi connectivity index (χ0) is 14.7. The van der Waals surface area contributed by atoms with Gasteiger partial charge in [-0.05, 0) is 56.8 Å². The fourth-order valence-corrected chi connectivity index (χ4v) is 2.37. The molecular formula is C17H36O2. The summed E-state index contributed by atoms with van der Waals surface area (Å²) in [5.41, 5.74) is 0. The average molecular weight is 272 g/mol. The van der Waals surface area contributed by atoms with Crippen LogP contribution in [-0.2, 0) is 9.47 Å². The Kier molecular flexibility index (Phi) is 11.7. The number of methoxy groups -OCH3 is 2. The summed E-state index contributed by atoms with van der Waals surface area (Å²) in [6, 6.07) is 0. The molecular weight excluding hydrogens is 236 g/mol. The molecule has 0 radical (unpaired) electrons. The second-order valence-electron chi connectivity index (χ2n) is 6.59. The van der Waals surface area contributed by atoms with Crippen LogP contribution in [0.5, 0.6) is 0 Å². The number of hydrogen-bond acceptors (Lipinski definition) is 2. The number of ether oxygens (including phenoxy) is 2. The molecule has 0 spiro atoms. The van der Waals surface area contributed by atoms with Gasteiger partial charge in [0.05, 0.1) is 12.2 Å². The molecule has 0 saturated heterocycles. The SMILES string of the molecule is COC(CCCC(CCC(C)C)OC)CCC(C)C. The Morgan fingerprint density at radius 2 is 0.947 bits per heavy atom. The zero-order valence-electron chi connectivity index (χ0n) is 14.1. The van der Waals surface area contributed by atoms with Crippen LogP contribution in [0.4, 0.5) is 0 Å². The van der Waals surface area contributed by atoms with Gasteiger partial charge in [-0.2, -0.15) is 0 Å². The quantitative estimate of drug-likeness (QED) is 0.494. The lowest BCUT2D eigenvalue weighted by Crippen LogP contribution is -2.15. The Labute approximate surface area is 121 Å². The van der Waals surface area contributed by atoms with Crippen molar-refractivity contribution in [2.45, 2.75) is 84.8 Å². The van der Waals surface area contributed by atoms with Crippen LogP contribution in [0, 0.1) is 11.8 Å². The first kappa shape index (κ1) is 18.9.